The second-order valence-electron chi connectivity index (χ2n) is 6.65. The predicted molar refractivity (Wildman–Crippen MR) is 117 cm³/mol. The van der Waals surface area contributed by atoms with Gasteiger partial charge in [0, 0.05) is 6.42 Å². The Kier molecular flexibility index (Phi) is 18.8. The fraction of sp³-hybridized carbons (Fsp3) is 0.895. The summed E-state index contributed by atoms with van der Waals surface area (Å²) in [6, 6.07) is -0.799. The molecule has 1 amide bonds. The lowest BCUT2D eigenvalue weighted by Crippen LogP contribution is -2.40. The Morgan fingerprint density at radius 3 is 1.68 bits per heavy atom. The molecule has 0 aliphatic rings. The van der Waals surface area contributed by atoms with Crippen LogP contribution in [0, 0.1) is 0 Å². The Labute approximate surface area is 172 Å². The summed E-state index contributed by atoms with van der Waals surface area (Å²) < 4.78 is 1.29. The lowest BCUT2D eigenvalue weighted by Gasteiger charge is -2.13. The van der Waals surface area contributed by atoms with Gasteiger partial charge in [-0.15, -0.1) is 0 Å². The fourth-order valence-electron chi connectivity index (χ4n) is 2.80. The van der Waals surface area contributed by atoms with Gasteiger partial charge in [0.1, 0.15) is 6.04 Å². The molecular weight excluding hydrogens is 449 g/mol. The normalized spacial score (nSPS) is 12.1. The van der Waals surface area contributed by atoms with Gasteiger partial charge in [-0.25, -0.2) is 4.79 Å². The third-order valence-corrected chi connectivity index (χ3v) is 5.36. The van der Waals surface area contributed by atoms with E-state index >= 15 is 0 Å². The number of halogens is 1. The van der Waals surface area contributed by atoms with Crippen molar-refractivity contribution in [3.63, 3.8) is 0 Å². The highest BCUT2D eigenvalue weighted by Crippen LogP contribution is 2.13. The van der Waals surface area contributed by atoms with Gasteiger partial charge in [0.15, 0.2) is 0 Å². The molecule has 148 valence electrons. The third kappa shape index (κ3) is 17.2. The van der Waals surface area contributed by atoms with E-state index < -0.39 is 12.0 Å². The molecule has 0 spiro atoms. The van der Waals surface area contributed by atoms with E-state index in [2.05, 4.69) is 40.5 Å². The molecule has 0 aromatic heterocycles. The van der Waals surface area contributed by atoms with Crippen LogP contribution in [-0.4, -0.2) is 33.2 Å². The molecule has 6 heteroatoms. The largest absolute Gasteiger partial charge is 0.480 e. The molecule has 0 aliphatic heterocycles. The van der Waals surface area contributed by atoms with Crippen LogP contribution in [0.5, 0.6) is 0 Å². The second-order valence-corrected chi connectivity index (χ2v) is 8.18. The molecule has 0 saturated carbocycles. The van der Waals surface area contributed by atoms with Crippen molar-refractivity contribution in [1.82, 2.24) is 5.32 Å². The van der Waals surface area contributed by atoms with Crippen LogP contribution in [0.15, 0.2) is 0 Å². The van der Waals surface area contributed by atoms with Crippen molar-refractivity contribution in [2.45, 2.75) is 95.9 Å². The van der Waals surface area contributed by atoms with Crippen molar-refractivity contribution >= 4 is 47.1 Å². The van der Waals surface area contributed by atoms with E-state index in [-0.39, 0.29) is 5.91 Å². The van der Waals surface area contributed by atoms with E-state index in [0.717, 1.165) is 12.8 Å². The van der Waals surface area contributed by atoms with Crippen LogP contribution in [0.25, 0.3) is 0 Å². The van der Waals surface area contributed by atoms with Crippen LogP contribution in [0.2, 0.25) is 0 Å². The summed E-state index contributed by atoms with van der Waals surface area (Å²) in [6.45, 7) is 0. The van der Waals surface area contributed by atoms with Crippen LogP contribution in [0.3, 0.4) is 0 Å². The molecule has 4 nitrogen and oxygen atoms in total. The number of alkyl halides is 1. The van der Waals surface area contributed by atoms with Gasteiger partial charge in [-0.3, -0.25) is 4.79 Å². The van der Waals surface area contributed by atoms with Crippen LogP contribution in [0.1, 0.15) is 89.9 Å². The van der Waals surface area contributed by atoms with E-state index in [1.165, 1.54) is 68.6 Å². The topological polar surface area (TPSA) is 66.4 Å². The average molecular weight is 485 g/mol. The minimum atomic E-state index is -0.979. The molecule has 0 aromatic rings. The zero-order valence-corrected chi connectivity index (χ0v) is 18.5. The van der Waals surface area contributed by atoms with Crippen molar-refractivity contribution in [2.24, 2.45) is 0 Å². The first kappa shape index (κ1) is 25.0. The van der Waals surface area contributed by atoms with Crippen molar-refractivity contribution in [1.29, 1.82) is 0 Å². The highest BCUT2D eigenvalue weighted by Gasteiger charge is 2.18. The Bertz CT molecular complexity index is 343. The molecule has 0 saturated heterocycles. The highest BCUT2D eigenvalue weighted by molar-refractivity contribution is 14.1. The van der Waals surface area contributed by atoms with Gasteiger partial charge in [0.05, 0.1) is 0 Å². The summed E-state index contributed by atoms with van der Waals surface area (Å²) in [6.07, 6.45) is 16.0. The van der Waals surface area contributed by atoms with Crippen molar-refractivity contribution in [3.8, 4) is 0 Å². The summed E-state index contributed by atoms with van der Waals surface area (Å²) >= 11 is 6.47. The summed E-state index contributed by atoms with van der Waals surface area (Å²) in [5, 5.41) is 11.6. The maximum atomic E-state index is 11.7. The van der Waals surface area contributed by atoms with Gasteiger partial charge in [-0.2, -0.15) is 12.6 Å². The first-order chi connectivity index (χ1) is 12.1. The fourth-order valence-corrected chi connectivity index (χ4v) is 3.60. The molecule has 2 N–H and O–H groups in total. The molecule has 0 fully saturated rings. The Morgan fingerprint density at radius 1 is 0.840 bits per heavy atom. The third-order valence-electron chi connectivity index (χ3n) is 4.34. The number of amides is 1. The van der Waals surface area contributed by atoms with E-state index in [0.29, 0.717) is 18.6 Å². The van der Waals surface area contributed by atoms with Crippen molar-refractivity contribution in [2.75, 3.05) is 10.2 Å². The van der Waals surface area contributed by atoms with Crippen molar-refractivity contribution in [3.05, 3.63) is 0 Å². The maximum absolute atomic E-state index is 11.7. The van der Waals surface area contributed by atoms with Gasteiger partial charge < -0.3 is 10.4 Å². The zero-order valence-electron chi connectivity index (χ0n) is 15.5. The van der Waals surface area contributed by atoms with Crippen LogP contribution < -0.4 is 5.32 Å². The van der Waals surface area contributed by atoms with Crippen LogP contribution in [0.4, 0.5) is 0 Å². The Morgan fingerprint density at radius 2 is 1.28 bits per heavy atom. The lowest BCUT2D eigenvalue weighted by atomic mass is 10.0. The van der Waals surface area contributed by atoms with E-state index in [1.807, 2.05) is 0 Å². The number of carboxylic acid groups (broad SMARTS) is 1. The monoisotopic (exact) mass is 485 g/mol. The van der Waals surface area contributed by atoms with Gasteiger partial charge in [-0.05, 0) is 29.4 Å². The summed E-state index contributed by atoms with van der Waals surface area (Å²) in [5.41, 5.74) is 0. The van der Waals surface area contributed by atoms with E-state index in [4.69, 9.17) is 5.11 Å². The zero-order chi connectivity index (χ0) is 18.8. The SMILES string of the molecule is O=C(CCCCCCCCCCCCCCI)NC(CCS)C(=O)O. The molecule has 1 atom stereocenters. The Hall–Kier alpha value is 0.0200. The number of aliphatic carboxylic acids is 1. The Balaban J connectivity index is 3.37. The molecule has 25 heavy (non-hydrogen) atoms. The maximum Gasteiger partial charge on any atom is 0.326 e. The van der Waals surface area contributed by atoms with Gasteiger partial charge in [0.25, 0.3) is 0 Å². The molecule has 1 unspecified atom stereocenters. The van der Waals surface area contributed by atoms with Crippen LogP contribution >= 0.6 is 35.2 Å². The van der Waals surface area contributed by atoms with Gasteiger partial charge >= 0.3 is 5.97 Å². The number of hydrogen-bond donors (Lipinski definition) is 3. The summed E-state index contributed by atoms with van der Waals surface area (Å²) in [5.74, 6) is -0.681. The number of thiol groups is 1. The number of unbranched alkanes of at least 4 members (excludes halogenated alkanes) is 11. The molecule has 0 radical (unpaired) electrons. The summed E-state index contributed by atoms with van der Waals surface area (Å²) in [7, 11) is 0. The minimum Gasteiger partial charge on any atom is -0.480 e. The first-order valence-corrected chi connectivity index (χ1v) is 12.0. The standard InChI is InChI=1S/C19H36INO3S/c20-15-12-10-8-6-4-2-1-3-5-7-9-11-13-18(22)21-17(14-16-25)19(23)24/h17,25H,1-16H2,(H,21,22)(H,23,24). The average Bonchev–Trinajstić information content (AvgIpc) is 2.58. The quantitative estimate of drug-likeness (QED) is 0.106. The number of carbonyl (C=O) groups is 2. The number of rotatable bonds is 18. The number of hydrogen-bond acceptors (Lipinski definition) is 3. The lowest BCUT2D eigenvalue weighted by molar-refractivity contribution is -0.141. The minimum absolute atomic E-state index is 0.156. The predicted octanol–water partition coefficient (Wildman–Crippen LogP) is 5.38. The van der Waals surface area contributed by atoms with Gasteiger partial charge in [0.2, 0.25) is 5.91 Å². The second kappa shape index (κ2) is 18.8. The number of carbonyl (C=O) groups excluding carboxylic acids is 1. The number of carboxylic acids is 1. The van der Waals surface area contributed by atoms with Crippen LogP contribution in [-0.2, 0) is 9.59 Å². The summed E-state index contributed by atoms with van der Waals surface area (Å²) in [4.78, 5) is 22.7. The molecule has 0 aliphatic carbocycles. The smallest absolute Gasteiger partial charge is 0.326 e. The number of nitrogens with one attached hydrogen (secondary N) is 1. The molecule has 0 aromatic carbocycles. The molecule has 0 bridgehead atoms. The first-order valence-electron chi connectivity index (χ1n) is 9.80. The van der Waals surface area contributed by atoms with E-state index in [9.17, 15) is 9.59 Å². The molecule has 0 heterocycles. The molecular formula is C19H36INO3S. The van der Waals surface area contributed by atoms with E-state index in [1.54, 1.807) is 0 Å². The van der Waals surface area contributed by atoms with Crippen molar-refractivity contribution < 1.29 is 14.7 Å². The molecule has 0 rings (SSSR count). The van der Waals surface area contributed by atoms with Gasteiger partial charge in [-0.1, -0.05) is 86.8 Å². The highest BCUT2D eigenvalue weighted by atomic mass is 127.